The van der Waals surface area contributed by atoms with E-state index in [9.17, 15) is 5.11 Å². The normalized spacial score (nSPS) is 16.0. The minimum atomic E-state index is 0.188. The number of hydrogen-bond donors (Lipinski definition) is 1. The summed E-state index contributed by atoms with van der Waals surface area (Å²) in [6.07, 6.45) is 5.01. The Morgan fingerprint density at radius 2 is 2.12 bits per heavy atom. The molecule has 1 aliphatic heterocycles. The summed E-state index contributed by atoms with van der Waals surface area (Å²) < 4.78 is 11.7. The molecule has 1 atom stereocenters. The molecule has 0 aliphatic carbocycles. The SMILES string of the molecule is CCOc1cc2c(cc1/C=C/c1ccc3cccc(O)c3n1)O[C@@H](C)C2. The number of pyridine rings is 1. The Labute approximate surface area is 152 Å². The maximum Gasteiger partial charge on any atom is 0.141 e. The van der Waals surface area contributed by atoms with Crippen LogP contribution >= 0.6 is 0 Å². The van der Waals surface area contributed by atoms with E-state index in [-0.39, 0.29) is 11.9 Å². The second kappa shape index (κ2) is 6.71. The van der Waals surface area contributed by atoms with E-state index < -0.39 is 0 Å². The van der Waals surface area contributed by atoms with Crippen molar-refractivity contribution >= 4 is 23.1 Å². The molecule has 0 spiro atoms. The third kappa shape index (κ3) is 3.10. The standard InChI is InChI=1S/C22H21NO3/c1-3-25-20-13-17-11-14(2)26-21(17)12-16(20)8-10-18-9-7-15-5-4-6-19(24)22(15)23-18/h4-10,12-14,24H,3,11H2,1-2H3/b10-8+/t14-/m0/s1. The molecule has 0 bridgehead atoms. The van der Waals surface area contributed by atoms with Crippen molar-refractivity contribution in [2.24, 2.45) is 0 Å². The van der Waals surface area contributed by atoms with Gasteiger partial charge in [0, 0.05) is 22.9 Å². The number of para-hydroxylation sites is 1. The van der Waals surface area contributed by atoms with E-state index in [1.165, 1.54) is 5.56 Å². The fraction of sp³-hybridized carbons (Fsp3) is 0.227. The molecule has 0 radical (unpaired) electrons. The van der Waals surface area contributed by atoms with Gasteiger partial charge in [-0.15, -0.1) is 0 Å². The molecule has 1 aliphatic rings. The van der Waals surface area contributed by atoms with Crippen LogP contribution in [0.15, 0.2) is 42.5 Å². The van der Waals surface area contributed by atoms with Crippen LogP contribution in [-0.2, 0) is 6.42 Å². The smallest absolute Gasteiger partial charge is 0.141 e. The van der Waals surface area contributed by atoms with Crippen molar-refractivity contribution in [1.29, 1.82) is 0 Å². The van der Waals surface area contributed by atoms with Crippen molar-refractivity contribution in [3.05, 3.63) is 59.3 Å². The minimum absolute atomic E-state index is 0.188. The average molecular weight is 347 g/mol. The maximum absolute atomic E-state index is 10.0. The van der Waals surface area contributed by atoms with Crippen LogP contribution in [0.3, 0.4) is 0 Å². The highest BCUT2D eigenvalue weighted by Crippen LogP contribution is 2.36. The predicted octanol–water partition coefficient (Wildman–Crippen LogP) is 4.83. The molecule has 0 amide bonds. The van der Waals surface area contributed by atoms with E-state index in [0.717, 1.165) is 34.6 Å². The molecular weight excluding hydrogens is 326 g/mol. The van der Waals surface area contributed by atoms with Gasteiger partial charge in [-0.3, -0.25) is 0 Å². The van der Waals surface area contributed by atoms with Gasteiger partial charge in [0.1, 0.15) is 28.9 Å². The Bertz CT molecular complexity index is 994. The number of rotatable bonds is 4. The molecule has 132 valence electrons. The zero-order chi connectivity index (χ0) is 18.1. The Morgan fingerprint density at radius 3 is 2.96 bits per heavy atom. The van der Waals surface area contributed by atoms with Gasteiger partial charge in [0.05, 0.1) is 12.3 Å². The van der Waals surface area contributed by atoms with Gasteiger partial charge in [-0.1, -0.05) is 18.2 Å². The number of phenolic OH excluding ortho intramolecular Hbond substituents is 1. The number of phenols is 1. The van der Waals surface area contributed by atoms with Crippen molar-refractivity contribution < 1.29 is 14.6 Å². The summed E-state index contributed by atoms with van der Waals surface area (Å²) in [6.45, 7) is 4.66. The number of benzene rings is 2. The van der Waals surface area contributed by atoms with Crippen molar-refractivity contribution in [2.45, 2.75) is 26.4 Å². The van der Waals surface area contributed by atoms with E-state index in [2.05, 4.69) is 18.0 Å². The molecule has 2 aromatic carbocycles. The van der Waals surface area contributed by atoms with Crippen molar-refractivity contribution in [3.63, 3.8) is 0 Å². The number of hydrogen-bond acceptors (Lipinski definition) is 4. The molecule has 0 unspecified atom stereocenters. The number of nitrogens with zero attached hydrogens (tertiary/aromatic N) is 1. The molecule has 2 heterocycles. The highest BCUT2D eigenvalue weighted by Gasteiger charge is 2.21. The molecule has 4 nitrogen and oxygen atoms in total. The van der Waals surface area contributed by atoms with Crippen LogP contribution in [0.1, 0.15) is 30.7 Å². The summed E-state index contributed by atoms with van der Waals surface area (Å²) >= 11 is 0. The summed E-state index contributed by atoms with van der Waals surface area (Å²) in [6, 6.07) is 13.4. The molecule has 3 aromatic rings. The lowest BCUT2D eigenvalue weighted by molar-refractivity contribution is 0.254. The second-order valence-corrected chi connectivity index (χ2v) is 6.48. The molecule has 0 saturated carbocycles. The summed E-state index contributed by atoms with van der Waals surface area (Å²) in [4.78, 5) is 4.54. The monoisotopic (exact) mass is 347 g/mol. The van der Waals surface area contributed by atoms with Gasteiger partial charge in [0.25, 0.3) is 0 Å². The largest absolute Gasteiger partial charge is 0.506 e. The van der Waals surface area contributed by atoms with Gasteiger partial charge in [0.2, 0.25) is 0 Å². The van der Waals surface area contributed by atoms with Crippen molar-refractivity contribution in [2.75, 3.05) is 6.61 Å². The Kier molecular flexibility index (Phi) is 4.25. The summed E-state index contributed by atoms with van der Waals surface area (Å²) in [5.74, 6) is 1.96. The second-order valence-electron chi connectivity index (χ2n) is 6.48. The van der Waals surface area contributed by atoms with Gasteiger partial charge in [-0.2, -0.15) is 0 Å². The first-order valence-corrected chi connectivity index (χ1v) is 8.87. The number of fused-ring (bicyclic) bond motifs is 2. The molecule has 0 fully saturated rings. The molecule has 4 rings (SSSR count). The van der Waals surface area contributed by atoms with E-state index in [1.807, 2.05) is 49.4 Å². The number of aromatic nitrogens is 1. The van der Waals surface area contributed by atoms with Crippen molar-refractivity contribution in [1.82, 2.24) is 4.98 Å². The van der Waals surface area contributed by atoms with Gasteiger partial charge in [-0.25, -0.2) is 4.98 Å². The first-order chi connectivity index (χ1) is 12.6. The fourth-order valence-electron chi connectivity index (χ4n) is 3.28. The highest BCUT2D eigenvalue weighted by molar-refractivity contribution is 5.86. The lowest BCUT2D eigenvalue weighted by Gasteiger charge is -2.10. The number of ether oxygens (including phenoxy) is 2. The minimum Gasteiger partial charge on any atom is -0.506 e. The van der Waals surface area contributed by atoms with Crippen LogP contribution in [0, 0.1) is 0 Å². The Hall–Kier alpha value is -3.01. The first kappa shape index (κ1) is 16.5. The van der Waals surface area contributed by atoms with E-state index in [1.54, 1.807) is 6.07 Å². The average Bonchev–Trinajstić information content (AvgIpc) is 2.99. The third-order valence-electron chi connectivity index (χ3n) is 4.48. The van der Waals surface area contributed by atoms with Crippen LogP contribution in [0.5, 0.6) is 17.2 Å². The lowest BCUT2D eigenvalue weighted by atomic mass is 10.1. The molecule has 0 saturated heterocycles. The van der Waals surface area contributed by atoms with Gasteiger partial charge >= 0.3 is 0 Å². The Balaban J connectivity index is 1.70. The van der Waals surface area contributed by atoms with Gasteiger partial charge in [0.15, 0.2) is 0 Å². The van der Waals surface area contributed by atoms with E-state index in [0.29, 0.717) is 12.1 Å². The Morgan fingerprint density at radius 1 is 1.23 bits per heavy atom. The summed E-state index contributed by atoms with van der Waals surface area (Å²) in [5.41, 5.74) is 3.52. The van der Waals surface area contributed by atoms with Crippen LogP contribution < -0.4 is 9.47 Å². The van der Waals surface area contributed by atoms with E-state index in [4.69, 9.17) is 9.47 Å². The number of aromatic hydroxyl groups is 1. The fourth-order valence-corrected chi connectivity index (χ4v) is 3.28. The highest BCUT2D eigenvalue weighted by atomic mass is 16.5. The van der Waals surface area contributed by atoms with Crippen molar-refractivity contribution in [3.8, 4) is 17.2 Å². The zero-order valence-electron chi connectivity index (χ0n) is 14.9. The van der Waals surface area contributed by atoms with Gasteiger partial charge < -0.3 is 14.6 Å². The van der Waals surface area contributed by atoms with Crippen LogP contribution in [-0.4, -0.2) is 22.8 Å². The molecule has 4 heteroatoms. The lowest BCUT2D eigenvalue weighted by Crippen LogP contribution is -2.05. The molecule has 26 heavy (non-hydrogen) atoms. The molecular formula is C22H21NO3. The van der Waals surface area contributed by atoms with Crippen LogP contribution in [0.4, 0.5) is 0 Å². The first-order valence-electron chi connectivity index (χ1n) is 8.87. The molecule has 1 N–H and O–H groups in total. The van der Waals surface area contributed by atoms with E-state index >= 15 is 0 Å². The predicted molar refractivity (Wildman–Crippen MR) is 104 cm³/mol. The van der Waals surface area contributed by atoms with Gasteiger partial charge in [-0.05, 0) is 50.3 Å². The summed E-state index contributed by atoms with van der Waals surface area (Å²) in [7, 11) is 0. The maximum atomic E-state index is 10.0. The van der Waals surface area contributed by atoms with Crippen LogP contribution in [0.2, 0.25) is 0 Å². The quantitative estimate of drug-likeness (QED) is 0.734. The third-order valence-corrected chi connectivity index (χ3v) is 4.48. The zero-order valence-corrected chi connectivity index (χ0v) is 14.9. The van der Waals surface area contributed by atoms with Crippen LogP contribution in [0.25, 0.3) is 23.1 Å². The summed E-state index contributed by atoms with van der Waals surface area (Å²) in [5, 5.41) is 10.9. The topological polar surface area (TPSA) is 51.6 Å². The molecule has 1 aromatic heterocycles.